The molecule has 1 amide bonds. The second-order valence-electron chi connectivity index (χ2n) is 8.21. The molecular weight excluding hydrogens is 426 g/mol. The van der Waals surface area contributed by atoms with Gasteiger partial charge in [0.2, 0.25) is 15.9 Å². The molecule has 1 N–H and O–H groups in total. The minimum Gasteiger partial charge on any atom is -0.328 e. The van der Waals surface area contributed by atoms with Gasteiger partial charge in [-0.25, -0.2) is 18.4 Å². The number of hydrogen-bond acceptors (Lipinski definition) is 5. The first-order valence-electron chi connectivity index (χ1n) is 11.1. The van der Waals surface area contributed by atoms with Crippen LogP contribution in [0.15, 0.2) is 41.4 Å². The molecule has 32 heavy (non-hydrogen) atoms. The van der Waals surface area contributed by atoms with Crippen LogP contribution in [0.5, 0.6) is 0 Å². The molecule has 3 aromatic rings. The van der Waals surface area contributed by atoms with Crippen LogP contribution in [0.1, 0.15) is 44.0 Å². The fourth-order valence-electron chi connectivity index (χ4n) is 4.10. The van der Waals surface area contributed by atoms with Crippen molar-refractivity contribution in [3.05, 3.63) is 47.9 Å². The Morgan fingerprint density at radius 3 is 2.66 bits per heavy atom. The van der Waals surface area contributed by atoms with Crippen LogP contribution in [-0.2, 0) is 27.8 Å². The van der Waals surface area contributed by atoms with E-state index in [1.54, 1.807) is 22.6 Å². The zero-order chi connectivity index (χ0) is 22.7. The highest BCUT2D eigenvalue weighted by atomic mass is 32.2. The first-order valence-corrected chi connectivity index (χ1v) is 12.5. The lowest BCUT2D eigenvalue weighted by molar-refractivity contribution is -0.116. The number of nitrogens with zero attached hydrogens (tertiary/aromatic N) is 4. The van der Waals surface area contributed by atoms with Gasteiger partial charge < -0.3 is 9.88 Å². The predicted molar refractivity (Wildman–Crippen MR) is 124 cm³/mol. The molecule has 4 rings (SSSR count). The van der Waals surface area contributed by atoms with Gasteiger partial charge in [0.25, 0.3) is 0 Å². The highest BCUT2D eigenvalue weighted by molar-refractivity contribution is 7.89. The van der Waals surface area contributed by atoms with Gasteiger partial charge in [-0.2, -0.15) is 4.31 Å². The van der Waals surface area contributed by atoms with E-state index in [2.05, 4.69) is 21.8 Å². The molecule has 0 spiro atoms. The van der Waals surface area contributed by atoms with Crippen molar-refractivity contribution in [2.45, 2.75) is 57.4 Å². The Kier molecular flexibility index (Phi) is 6.57. The molecule has 0 bridgehead atoms. The van der Waals surface area contributed by atoms with Gasteiger partial charge in [0.15, 0.2) is 0 Å². The van der Waals surface area contributed by atoms with Gasteiger partial charge in [-0.15, -0.1) is 0 Å². The van der Waals surface area contributed by atoms with Crippen molar-refractivity contribution in [1.29, 1.82) is 0 Å². The summed E-state index contributed by atoms with van der Waals surface area (Å²) in [5.74, 6) is 1.19. The van der Waals surface area contributed by atoms with Crippen molar-refractivity contribution in [2.24, 2.45) is 0 Å². The van der Waals surface area contributed by atoms with E-state index < -0.39 is 10.0 Å². The number of nitrogens with one attached hydrogen (secondary N) is 1. The van der Waals surface area contributed by atoms with Crippen LogP contribution >= 0.6 is 0 Å². The molecule has 8 nitrogen and oxygen atoms in total. The number of rotatable bonds is 8. The molecule has 0 atom stereocenters. The third-order valence-corrected chi connectivity index (χ3v) is 7.60. The number of aryl methyl sites for hydroxylation is 3. The topological polar surface area (TPSA) is 97.2 Å². The normalized spacial score (nSPS) is 14.8. The van der Waals surface area contributed by atoms with Crippen molar-refractivity contribution in [1.82, 2.24) is 18.8 Å². The van der Waals surface area contributed by atoms with Crippen molar-refractivity contribution in [3.8, 4) is 0 Å². The second-order valence-corrected chi connectivity index (χ2v) is 10.1. The summed E-state index contributed by atoms with van der Waals surface area (Å²) < 4.78 is 29.5. The van der Waals surface area contributed by atoms with E-state index >= 15 is 0 Å². The fourth-order valence-corrected chi connectivity index (χ4v) is 5.63. The van der Waals surface area contributed by atoms with Crippen molar-refractivity contribution < 1.29 is 13.2 Å². The number of imidazole rings is 1. The van der Waals surface area contributed by atoms with E-state index in [0.717, 1.165) is 42.7 Å². The van der Waals surface area contributed by atoms with Crippen LogP contribution in [0.4, 0.5) is 5.82 Å². The number of benzene rings is 1. The van der Waals surface area contributed by atoms with Gasteiger partial charge >= 0.3 is 0 Å². The quantitative estimate of drug-likeness (QED) is 0.561. The Labute approximate surface area is 188 Å². The van der Waals surface area contributed by atoms with E-state index in [0.29, 0.717) is 30.8 Å². The Morgan fingerprint density at radius 2 is 1.94 bits per heavy atom. The minimum atomic E-state index is -3.50. The van der Waals surface area contributed by atoms with Gasteiger partial charge in [0, 0.05) is 38.7 Å². The third-order valence-electron chi connectivity index (χ3n) is 5.71. The maximum atomic E-state index is 12.9. The summed E-state index contributed by atoms with van der Waals surface area (Å²) in [6, 6.07) is 8.87. The summed E-state index contributed by atoms with van der Waals surface area (Å²) in [5.41, 5.74) is 2.57. The molecule has 0 radical (unpaired) electrons. The largest absolute Gasteiger partial charge is 0.328 e. The lowest BCUT2D eigenvalue weighted by Gasteiger charge is -2.15. The number of sulfonamides is 1. The number of pyridine rings is 1. The van der Waals surface area contributed by atoms with Crippen molar-refractivity contribution in [2.75, 3.05) is 18.4 Å². The van der Waals surface area contributed by atoms with Crippen LogP contribution < -0.4 is 5.32 Å². The van der Waals surface area contributed by atoms with Crippen LogP contribution in [0.25, 0.3) is 11.0 Å². The Bertz CT molecular complexity index is 1230. The number of carbonyl (C=O) groups excluding carboxylic acids is 1. The Hall–Kier alpha value is -2.78. The van der Waals surface area contributed by atoms with Gasteiger partial charge in [-0.3, -0.25) is 4.79 Å². The highest BCUT2D eigenvalue weighted by Gasteiger charge is 2.27. The van der Waals surface area contributed by atoms with Crippen LogP contribution in [0.3, 0.4) is 0 Å². The summed E-state index contributed by atoms with van der Waals surface area (Å²) >= 11 is 0. The average molecular weight is 456 g/mol. The van der Waals surface area contributed by atoms with Crippen LogP contribution in [-0.4, -0.2) is 46.3 Å². The lowest BCUT2D eigenvalue weighted by atomic mass is 10.2. The molecule has 9 heteroatoms. The lowest BCUT2D eigenvalue weighted by Crippen LogP contribution is -2.27. The average Bonchev–Trinajstić information content (AvgIpc) is 3.41. The van der Waals surface area contributed by atoms with E-state index in [9.17, 15) is 13.2 Å². The second kappa shape index (κ2) is 9.38. The number of anilines is 1. The summed E-state index contributed by atoms with van der Waals surface area (Å²) in [4.78, 5) is 21.6. The van der Waals surface area contributed by atoms with Crippen LogP contribution in [0, 0.1) is 6.92 Å². The molecule has 1 aliphatic heterocycles. The molecule has 170 valence electrons. The van der Waals surface area contributed by atoms with Crippen molar-refractivity contribution >= 4 is 32.8 Å². The molecular formula is C23H29N5O3S. The number of amides is 1. The Morgan fingerprint density at radius 1 is 1.16 bits per heavy atom. The van der Waals surface area contributed by atoms with E-state index in [1.807, 2.05) is 25.1 Å². The van der Waals surface area contributed by atoms with Crippen molar-refractivity contribution in [3.63, 3.8) is 0 Å². The Balaban J connectivity index is 1.55. The third kappa shape index (κ3) is 4.68. The summed E-state index contributed by atoms with van der Waals surface area (Å²) in [5, 5.41) is 2.83. The molecule has 1 fully saturated rings. The van der Waals surface area contributed by atoms with E-state index in [-0.39, 0.29) is 17.2 Å². The van der Waals surface area contributed by atoms with Crippen LogP contribution in [0.2, 0.25) is 0 Å². The minimum absolute atomic E-state index is 0.129. The molecule has 2 aromatic heterocycles. The number of aromatic nitrogens is 3. The van der Waals surface area contributed by atoms with E-state index in [4.69, 9.17) is 4.98 Å². The molecule has 0 aliphatic carbocycles. The zero-order valence-electron chi connectivity index (χ0n) is 18.5. The van der Waals surface area contributed by atoms with E-state index in [1.165, 1.54) is 0 Å². The summed E-state index contributed by atoms with van der Waals surface area (Å²) in [6.07, 6.45) is 5.10. The summed E-state index contributed by atoms with van der Waals surface area (Å²) in [6.45, 7) is 5.92. The maximum Gasteiger partial charge on any atom is 0.243 e. The molecule has 3 heterocycles. The SMILES string of the molecule is CCCn1c(CCC(=O)Nc2cc(C)ccn2)nc2cc(S(=O)(=O)N3CCCC3)ccc21. The smallest absolute Gasteiger partial charge is 0.243 e. The van der Waals surface area contributed by atoms with Gasteiger partial charge in [0.1, 0.15) is 11.6 Å². The van der Waals surface area contributed by atoms with Gasteiger partial charge in [0.05, 0.1) is 15.9 Å². The number of hydrogen-bond donors (Lipinski definition) is 1. The first-order chi connectivity index (χ1) is 15.4. The first kappa shape index (κ1) is 22.4. The zero-order valence-corrected chi connectivity index (χ0v) is 19.4. The molecule has 1 saturated heterocycles. The standard InChI is InChI=1S/C23H29N5O3S/c1-3-12-28-20-7-6-18(32(30,31)27-13-4-5-14-27)16-19(20)25-22(28)8-9-23(29)26-21-15-17(2)10-11-24-21/h6-7,10-11,15-16H,3-5,8-9,12-14H2,1-2H3,(H,24,26,29). The fraction of sp³-hybridized carbons (Fsp3) is 0.435. The van der Waals surface area contributed by atoms with Gasteiger partial charge in [-0.1, -0.05) is 6.92 Å². The predicted octanol–water partition coefficient (Wildman–Crippen LogP) is 3.51. The number of fused-ring (bicyclic) bond motifs is 1. The molecule has 1 aromatic carbocycles. The van der Waals surface area contributed by atoms with Gasteiger partial charge in [-0.05, 0) is 62.1 Å². The molecule has 0 saturated carbocycles. The monoisotopic (exact) mass is 455 g/mol. The number of carbonyl (C=O) groups is 1. The highest BCUT2D eigenvalue weighted by Crippen LogP contribution is 2.26. The molecule has 0 unspecified atom stereocenters. The maximum absolute atomic E-state index is 12.9. The molecule has 1 aliphatic rings. The summed E-state index contributed by atoms with van der Waals surface area (Å²) in [7, 11) is -3.50.